The Morgan fingerprint density at radius 2 is 1.88 bits per heavy atom. The third-order valence-electron chi connectivity index (χ3n) is 5.28. The molecule has 0 radical (unpaired) electrons. The Balaban J connectivity index is 1.55. The molecule has 0 bridgehead atoms. The molecule has 0 fully saturated rings. The highest BCUT2D eigenvalue weighted by Crippen LogP contribution is 2.31. The molecule has 4 aromatic heterocycles. The number of pyridine rings is 2. The molecule has 0 saturated heterocycles. The number of rotatable bonds is 5. The highest BCUT2D eigenvalue weighted by molar-refractivity contribution is 6.12. The van der Waals surface area contributed by atoms with E-state index in [9.17, 15) is 4.79 Å². The van der Waals surface area contributed by atoms with Gasteiger partial charge in [-0.1, -0.05) is 0 Å². The van der Waals surface area contributed by atoms with E-state index in [2.05, 4.69) is 20.5 Å². The fourth-order valence-corrected chi connectivity index (χ4v) is 3.69. The fraction of sp³-hybridized carbons (Fsp3) is 0.130. The number of nitrogens with zero attached hydrogens (tertiary/aromatic N) is 5. The van der Waals surface area contributed by atoms with Crippen LogP contribution in [0.25, 0.3) is 27.5 Å². The second-order valence-electron chi connectivity index (χ2n) is 7.25. The normalized spacial score (nSPS) is 11.1. The van der Waals surface area contributed by atoms with Crippen molar-refractivity contribution in [2.45, 2.75) is 0 Å². The lowest BCUT2D eigenvalue weighted by atomic mass is 10.1. The first-order chi connectivity index (χ1) is 15.6. The molecule has 1 aromatic carbocycles. The average Bonchev–Trinajstić information content (AvgIpc) is 3.44. The van der Waals surface area contributed by atoms with Crippen LogP contribution < -0.4 is 14.8 Å². The van der Waals surface area contributed by atoms with Crippen molar-refractivity contribution in [1.82, 2.24) is 24.4 Å². The van der Waals surface area contributed by atoms with Crippen LogP contribution in [0.1, 0.15) is 10.4 Å². The van der Waals surface area contributed by atoms with E-state index in [0.29, 0.717) is 28.3 Å². The molecular weight excluding hydrogens is 408 g/mol. The van der Waals surface area contributed by atoms with Crippen molar-refractivity contribution in [3.63, 3.8) is 0 Å². The molecule has 9 nitrogen and oxygen atoms in total. The lowest BCUT2D eigenvalue weighted by Crippen LogP contribution is -2.12. The van der Waals surface area contributed by atoms with Crippen LogP contribution >= 0.6 is 0 Å². The third kappa shape index (κ3) is 3.29. The van der Waals surface area contributed by atoms with Gasteiger partial charge in [0.05, 0.1) is 43.4 Å². The van der Waals surface area contributed by atoms with Crippen LogP contribution in [0.15, 0.2) is 61.3 Å². The number of methoxy groups -OCH3 is 2. The van der Waals surface area contributed by atoms with Gasteiger partial charge in [0, 0.05) is 42.2 Å². The second kappa shape index (κ2) is 7.69. The summed E-state index contributed by atoms with van der Waals surface area (Å²) in [7, 11) is 5.02. The van der Waals surface area contributed by atoms with E-state index in [-0.39, 0.29) is 5.91 Å². The maximum atomic E-state index is 13.2. The predicted molar refractivity (Wildman–Crippen MR) is 120 cm³/mol. The summed E-state index contributed by atoms with van der Waals surface area (Å²) in [5.74, 6) is 0.916. The molecule has 0 saturated carbocycles. The van der Waals surface area contributed by atoms with Crippen molar-refractivity contribution in [3.8, 4) is 22.6 Å². The molecule has 0 unspecified atom stereocenters. The molecule has 160 valence electrons. The number of nitrogens with one attached hydrogen (secondary N) is 1. The van der Waals surface area contributed by atoms with E-state index in [0.717, 1.165) is 22.0 Å². The number of carbonyl (C=O) groups is 1. The Labute approximate surface area is 183 Å². The zero-order valence-electron chi connectivity index (χ0n) is 17.7. The number of fused-ring (bicyclic) bond motifs is 2. The standard InChI is InChI=1S/C23H20N6O3/c1-28-12-15(10-25-28)14-8-21(32-3)22-18(11-26-29(22)13-14)23(30)27-20-6-7-24-19-5-4-16(31-2)9-17(19)20/h4-13H,1-3H3,(H,24,27,30). The van der Waals surface area contributed by atoms with Crippen LogP contribution in [0, 0.1) is 0 Å². The zero-order valence-corrected chi connectivity index (χ0v) is 17.7. The van der Waals surface area contributed by atoms with Gasteiger partial charge in [-0.15, -0.1) is 0 Å². The van der Waals surface area contributed by atoms with E-state index < -0.39 is 0 Å². The molecule has 32 heavy (non-hydrogen) atoms. The zero-order chi connectivity index (χ0) is 22.2. The number of amides is 1. The molecule has 0 aliphatic carbocycles. The second-order valence-corrected chi connectivity index (χ2v) is 7.25. The number of anilines is 1. The maximum Gasteiger partial charge on any atom is 0.259 e. The molecule has 5 rings (SSSR count). The smallest absolute Gasteiger partial charge is 0.259 e. The van der Waals surface area contributed by atoms with Crippen molar-refractivity contribution in [2.75, 3.05) is 19.5 Å². The highest BCUT2D eigenvalue weighted by Gasteiger charge is 2.19. The Hall–Kier alpha value is -4.40. The van der Waals surface area contributed by atoms with Crippen LogP contribution in [-0.2, 0) is 7.05 Å². The Morgan fingerprint density at radius 3 is 2.62 bits per heavy atom. The summed E-state index contributed by atoms with van der Waals surface area (Å²) in [6, 6.07) is 9.15. The van der Waals surface area contributed by atoms with Crippen molar-refractivity contribution >= 4 is 28.0 Å². The van der Waals surface area contributed by atoms with Gasteiger partial charge in [0.1, 0.15) is 17.0 Å². The van der Waals surface area contributed by atoms with Gasteiger partial charge in [0.2, 0.25) is 0 Å². The first-order valence-corrected chi connectivity index (χ1v) is 9.86. The minimum absolute atomic E-state index is 0.303. The van der Waals surface area contributed by atoms with Gasteiger partial charge < -0.3 is 14.8 Å². The number of ether oxygens (including phenoxy) is 2. The summed E-state index contributed by atoms with van der Waals surface area (Å²) in [6.07, 6.45) is 8.70. The van der Waals surface area contributed by atoms with E-state index in [1.54, 1.807) is 41.9 Å². The van der Waals surface area contributed by atoms with E-state index in [4.69, 9.17) is 9.47 Å². The minimum Gasteiger partial charge on any atom is -0.497 e. The van der Waals surface area contributed by atoms with Crippen molar-refractivity contribution in [3.05, 3.63) is 66.9 Å². The van der Waals surface area contributed by atoms with Gasteiger partial charge in [-0.3, -0.25) is 14.5 Å². The number of benzene rings is 1. The summed E-state index contributed by atoms with van der Waals surface area (Å²) in [4.78, 5) is 17.6. The summed E-state index contributed by atoms with van der Waals surface area (Å²) in [5, 5.41) is 12.4. The Kier molecular flexibility index (Phi) is 4.70. The van der Waals surface area contributed by atoms with Crippen molar-refractivity contribution < 1.29 is 14.3 Å². The summed E-state index contributed by atoms with van der Waals surface area (Å²) >= 11 is 0. The number of aromatic nitrogens is 5. The van der Waals surface area contributed by atoms with Gasteiger partial charge in [-0.2, -0.15) is 10.2 Å². The van der Waals surface area contributed by atoms with Crippen LogP contribution in [0.5, 0.6) is 11.5 Å². The van der Waals surface area contributed by atoms with Crippen LogP contribution in [-0.4, -0.2) is 44.5 Å². The highest BCUT2D eigenvalue weighted by atomic mass is 16.5. The average molecular weight is 428 g/mol. The SMILES string of the molecule is COc1ccc2nccc(NC(=O)c3cnn4cc(-c5cnn(C)c5)cc(OC)c34)c2c1. The molecule has 9 heteroatoms. The molecule has 0 aliphatic heterocycles. The van der Waals surface area contributed by atoms with Gasteiger partial charge in [0.15, 0.2) is 0 Å². The largest absolute Gasteiger partial charge is 0.497 e. The molecule has 0 spiro atoms. The van der Waals surface area contributed by atoms with Crippen LogP contribution in [0.4, 0.5) is 5.69 Å². The fourth-order valence-electron chi connectivity index (χ4n) is 3.69. The minimum atomic E-state index is -0.303. The summed E-state index contributed by atoms with van der Waals surface area (Å²) in [5.41, 5.74) is 4.16. The van der Waals surface area contributed by atoms with Crippen LogP contribution in [0.3, 0.4) is 0 Å². The number of hydrogen-bond acceptors (Lipinski definition) is 6. The Bertz CT molecular complexity index is 1470. The molecule has 0 atom stereocenters. The van der Waals surface area contributed by atoms with E-state index >= 15 is 0 Å². The topological polar surface area (TPSA) is 95.6 Å². The first kappa shape index (κ1) is 19.6. The van der Waals surface area contributed by atoms with Crippen molar-refractivity contribution in [2.24, 2.45) is 7.05 Å². The molecule has 4 heterocycles. The van der Waals surface area contributed by atoms with Crippen molar-refractivity contribution in [1.29, 1.82) is 0 Å². The first-order valence-electron chi connectivity index (χ1n) is 9.86. The number of aryl methyl sites for hydroxylation is 1. The van der Waals surface area contributed by atoms with Gasteiger partial charge in [-0.05, 0) is 30.3 Å². The molecule has 5 aromatic rings. The predicted octanol–water partition coefficient (Wildman–Crippen LogP) is 3.55. The van der Waals surface area contributed by atoms with E-state index in [1.807, 2.05) is 43.7 Å². The third-order valence-corrected chi connectivity index (χ3v) is 5.28. The summed E-state index contributed by atoms with van der Waals surface area (Å²) in [6.45, 7) is 0. The van der Waals surface area contributed by atoms with E-state index in [1.165, 1.54) is 6.20 Å². The quantitative estimate of drug-likeness (QED) is 0.460. The summed E-state index contributed by atoms with van der Waals surface area (Å²) < 4.78 is 14.3. The molecule has 0 aliphatic rings. The molecule has 1 amide bonds. The van der Waals surface area contributed by atoms with Gasteiger partial charge >= 0.3 is 0 Å². The lowest BCUT2D eigenvalue weighted by Gasteiger charge is -2.10. The molecular formula is C23H20N6O3. The molecule has 1 N–H and O–H groups in total. The Morgan fingerprint density at radius 1 is 1.00 bits per heavy atom. The lowest BCUT2D eigenvalue weighted by molar-refractivity contribution is 0.102. The number of carbonyl (C=O) groups excluding carboxylic acids is 1. The maximum absolute atomic E-state index is 13.2. The van der Waals surface area contributed by atoms with Gasteiger partial charge in [-0.25, -0.2) is 4.52 Å². The monoisotopic (exact) mass is 428 g/mol. The van der Waals surface area contributed by atoms with Crippen LogP contribution in [0.2, 0.25) is 0 Å². The van der Waals surface area contributed by atoms with Gasteiger partial charge in [0.25, 0.3) is 5.91 Å². The number of hydrogen-bond donors (Lipinski definition) is 1.